The van der Waals surface area contributed by atoms with Gasteiger partial charge in [-0.2, -0.15) is 8.78 Å². The third-order valence-corrected chi connectivity index (χ3v) is 3.49. The number of alkyl halides is 4. The molecule has 1 heterocycles. The number of benzene rings is 1. The monoisotopic (exact) mass is 350 g/mol. The lowest BCUT2D eigenvalue weighted by molar-refractivity contribution is -0.125. The summed E-state index contributed by atoms with van der Waals surface area (Å²) in [4.78, 5) is 4.19. The Kier molecular flexibility index (Phi) is 4.59. The van der Waals surface area contributed by atoms with Crippen LogP contribution in [0.5, 0.6) is 0 Å². The van der Waals surface area contributed by atoms with Crippen molar-refractivity contribution < 1.29 is 17.6 Å². The first-order valence-corrected chi connectivity index (χ1v) is 6.60. The van der Waals surface area contributed by atoms with Crippen LogP contribution >= 0.6 is 15.9 Å². The molecule has 108 valence electrons. The fourth-order valence-electron chi connectivity index (χ4n) is 1.78. The predicted molar refractivity (Wildman–Crippen MR) is 72.1 cm³/mol. The largest absolute Gasteiger partial charge is 0.319 e. The third-order valence-electron chi connectivity index (χ3n) is 2.80. The van der Waals surface area contributed by atoms with Gasteiger partial charge in [0.2, 0.25) is 0 Å². The molecule has 2 rings (SSSR count). The van der Waals surface area contributed by atoms with Gasteiger partial charge in [-0.1, -0.05) is 28.1 Å². The first kappa shape index (κ1) is 15.2. The highest BCUT2D eigenvalue weighted by atomic mass is 79.9. The van der Waals surface area contributed by atoms with Crippen LogP contribution in [0, 0.1) is 0 Å². The number of nitrogens with one attached hydrogen (secondary N) is 1. The fourth-order valence-corrected chi connectivity index (χ4v) is 2.23. The molecule has 0 atom stereocenters. The lowest BCUT2D eigenvalue weighted by Gasteiger charge is -2.16. The number of fused-ring (bicyclic) bond motifs is 1. The summed E-state index contributed by atoms with van der Waals surface area (Å²) in [5.74, 6) is -4.03. The van der Waals surface area contributed by atoms with Gasteiger partial charge in [0, 0.05) is 22.6 Å². The number of hydrogen-bond donors (Lipinski definition) is 1. The number of nitrogens with zero attached hydrogens (tertiary/aromatic N) is 1. The van der Waals surface area contributed by atoms with E-state index in [2.05, 4.69) is 26.2 Å². The third kappa shape index (κ3) is 3.27. The number of rotatable bonds is 5. The number of hydrogen-bond acceptors (Lipinski definition) is 2. The van der Waals surface area contributed by atoms with Crippen molar-refractivity contribution in [2.75, 3.05) is 6.54 Å². The van der Waals surface area contributed by atoms with E-state index in [0.29, 0.717) is 11.1 Å². The van der Waals surface area contributed by atoms with E-state index in [9.17, 15) is 17.6 Å². The number of pyridine rings is 1. The van der Waals surface area contributed by atoms with E-state index in [-0.39, 0.29) is 6.54 Å². The zero-order valence-electron chi connectivity index (χ0n) is 10.2. The molecule has 7 heteroatoms. The minimum absolute atomic E-state index is 0.0447. The van der Waals surface area contributed by atoms with Crippen molar-refractivity contribution in [2.45, 2.75) is 18.9 Å². The summed E-state index contributed by atoms with van der Waals surface area (Å²) < 4.78 is 50.5. The Labute approximate surface area is 121 Å². The van der Waals surface area contributed by atoms with Crippen LogP contribution in [0.1, 0.15) is 5.56 Å². The van der Waals surface area contributed by atoms with Crippen molar-refractivity contribution >= 4 is 26.8 Å². The van der Waals surface area contributed by atoms with Gasteiger partial charge in [0.05, 0.1) is 12.1 Å². The Morgan fingerprint density at radius 3 is 2.70 bits per heavy atom. The van der Waals surface area contributed by atoms with Crippen molar-refractivity contribution in [3.63, 3.8) is 0 Å². The molecule has 1 aromatic carbocycles. The first-order valence-electron chi connectivity index (χ1n) is 5.80. The van der Waals surface area contributed by atoms with E-state index < -0.39 is 18.9 Å². The van der Waals surface area contributed by atoms with Gasteiger partial charge in [-0.3, -0.25) is 4.98 Å². The van der Waals surface area contributed by atoms with Crippen LogP contribution < -0.4 is 5.32 Å². The molecule has 0 saturated carbocycles. The highest BCUT2D eigenvalue weighted by Crippen LogP contribution is 2.26. The van der Waals surface area contributed by atoms with E-state index in [0.717, 1.165) is 9.86 Å². The summed E-state index contributed by atoms with van der Waals surface area (Å²) >= 11 is 3.37. The second kappa shape index (κ2) is 6.05. The van der Waals surface area contributed by atoms with Crippen LogP contribution in [0.2, 0.25) is 0 Å². The summed E-state index contributed by atoms with van der Waals surface area (Å²) in [6, 6.07) is 7.08. The van der Waals surface area contributed by atoms with Crippen molar-refractivity contribution in [3.05, 3.63) is 40.5 Å². The van der Waals surface area contributed by atoms with Crippen LogP contribution in [0.15, 0.2) is 34.9 Å². The Morgan fingerprint density at radius 1 is 1.25 bits per heavy atom. The molecule has 0 aliphatic carbocycles. The van der Waals surface area contributed by atoms with Crippen molar-refractivity contribution in [1.82, 2.24) is 10.3 Å². The lowest BCUT2D eigenvalue weighted by Crippen LogP contribution is -2.38. The number of halogens is 5. The minimum Gasteiger partial charge on any atom is -0.307 e. The molecule has 1 aromatic heterocycles. The highest BCUT2D eigenvalue weighted by Gasteiger charge is 2.39. The summed E-state index contributed by atoms with van der Waals surface area (Å²) in [6.45, 7) is -1.03. The van der Waals surface area contributed by atoms with Crippen LogP contribution in [-0.2, 0) is 6.54 Å². The molecule has 0 bridgehead atoms. The van der Waals surface area contributed by atoms with Crippen molar-refractivity contribution in [2.24, 2.45) is 0 Å². The van der Waals surface area contributed by atoms with Crippen molar-refractivity contribution in [3.8, 4) is 0 Å². The summed E-state index contributed by atoms with van der Waals surface area (Å²) in [5, 5.41) is 3.19. The maximum atomic E-state index is 12.8. The second-order valence-corrected chi connectivity index (χ2v) is 5.13. The molecule has 1 N–H and O–H groups in total. The van der Waals surface area contributed by atoms with Crippen LogP contribution in [-0.4, -0.2) is 23.9 Å². The zero-order valence-corrected chi connectivity index (χ0v) is 11.8. The molecule has 2 aromatic rings. The molecule has 2 nitrogen and oxygen atoms in total. The Bertz CT molecular complexity index is 604. The second-order valence-electron chi connectivity index (χ2n) is 4.27. The zero-order chi connectivity index (χ0) is 14.8. The van der Waals surface area contributed by atoms with Crippen LogP contribution in [0.3, 0.4) is 0 Å². The quantitative estimate of drug-likeness (QED) is 0.824. The summed E-state index contributed by atoms with van der Waals surface area (Å²) in [7, 11) is 0. The predicted octanol–water partition coefficient (Wildman–Crippen LogP) is 3.99. The molecule has 0 radical (unpaired) electrons. The van der Waals surface area contributed by atoms with E-state index in [1.54, 1.807) is 24.4 Å². The summed E-state index contributed by atoms with van der Waals surface area (Å²) in [5.41, 5.74) is 1.32. The SMILES string of the molecule is FC(F)C(F)(F)CNCc1ccc(Br)c2cccnc12. The van der Waals surface area contributed by atoms with Gasteiger partial charge in [0.25, 0.3) is 0 Å². The first-order chi connectivity index (χ1) is 9.42. The van der Waals surface area contributed by atoms with E-state index in [1.807, 2.05) is 6.07 Å². The molecule has 20 heavy (non-hydrogen) atoms. The maximum Gasteiger partial charge on any atom is 0.319 e. The number of aromatic nitrogens is 1. The van der Waals surface area contributed by atoms with Crippen molar-refractivity contribution in [1.29, 1.82) is 0 Å². The molecule has 0 amide bonds. The average molecular weight is 351 g/mol. The van der Waals surface area contributed by atoms with Gasteiger partial charge in [0.15, 0.2) is 0 Å². The molecule has 0 spiro atoms. The highest BCUT2D eigenvalue weighted by molar-refractivity contribution is 9.10. The van der Waals surface area contributed by atoms with Gasteiger partial charge < -0.3 is 5.32 Å². The average Bonchev–Trinajstić information content (AvgIpc) is 2.41. The molecule has 0 saturated heterocycles. The van der Waals surface area contributed by atoms with Gasteiger partial charge in [-0.25, -0.2) is 8.78 Å². The molecule has 0 aliphatic heterocycles. The minimum atomic E-state index is -4.03. The van der Waals surface area contributed by atoms with Crippen LogP contribution in [0.4, 0.5) is 17.6 Å². The van der Waals surface area contributed by atoms with Gasteiger partial charge in [-0.05, 0) is 17.7 Å². The standard InChI is InChI=1S/C13H11BrF4N2/c14-10-4-3-8(11-9(10)2-1-5-20-11)6-19-7-13(17,18)12(15)16/h1-5,12,19H,6-7H2. The molecule has 0 aliphatic rings. The molecular weight excluding hydrogens is 340 g/mol. The lowest BCUT2D eigenvalue weighted by atomic mass is 10.1. The Morgan fingerprint density at radius 2 is 2.00 bits per heavy atom. The van der Waals surface area contributed by atoms with Gasteiger partial charge >= 0.3 is 12.3 Å². The normalized spacial score (nSPS) is 12.3. The topological polar surface area (TPSA) is 24.9 Å². The van der Waals surface area contributed by atoms with E-state index in [4.69, 9.17) is 0 Å². The van der Waals surface area contributed by atoms with Crippen LogP contribution in [0.25, 0.3) is 10.9 Å². The van der Waals surface area contributed by atoms with E-state index in [1.165, 1.54) is 0 Å². The molecule has 0 fully saturated rings. The maximum absolute atomic E-state index is 12.8. The summed E-state index contributed by atoms with van der Waals surface area (Å²) in [6.07, 6.45) is -2.08. The molecule has 0 unspecified atom stereocenters. The Hall–Kier alpha value is -1.21. The van der Waals surface area contributed by atoms with E-state index >= 15 is 0 Å². The Balaban J connectivity index is 2.13. The smallest absolute Gasteiger partial charge is 0.307 e. The fraction of sp³-hybridized carbons (Fsp3) is 0.308. The van der Waals surface area contributed by atoms with Gasteiger partial charge in [0.1, 0.15) is 0 Å². The van der Waals surface area contributed by atoms with Gasteiger partial charge in [-0.15, -0.1) is 0 Å². The molecular formula is C13H11BrF4N2.